The van der Waals surface area contributed by atoms with Crippen LogP contribution < -0.4 is 9.47 Å². The summed E-state index contributed by atoms with van der Waals surface area (Å²) >= 11 is 0. The van der Waals surface area contributed by atoms with Crippen LogP contribution in [0.3, 0.4) is 0 Å². The largest absolute Gasteiger partial charge is 0.487 e. The molecule has 3 heteroatoms. The smallest absolute Gasteiger partial charge is 0.165 e. The van der Waals surface area contributed by atoms with Crippen LogP contribution in [0, 0.1) is 0 Å². The van der Waals surface area contributed by atoms with Crippen molar-refractivity contribution < 1.29 is 14.6 Å². The minimum absolute atomic E-state index is 0.161. The number of benzene rings is 1. The van der Waals surface area contributed by atoms with Crippen LogP contribution in [0.25, 0.3) is 0 Å². The lowest BCUT2D eigenvalue weighted by molar-refractivity contribution is -0.0000103. The van der Waals surface area contributed by atoms with Crippen LogP contribution in [0.4, 0.5) is 0 Å². The van der Waals surface area contributed by atoms with Crippen molar-refractivity contribution in [3.05, 3.63) is 23.8 Å². The number of ether oxygens (including phenoxy) is 2. The van der Waals surface area contributed by atoms with E-state index < -0.39 is 5.60 Å². The predicted octanol–water partition coefficient (Wildman–Crippen LogP) is 3.08. The van der Waals surface area contributed by atoms with Crippen LogP contribution in [0.1, 0.15) is 45.1 Å². The third kappa shape index (κ3) is 2.57. The van der Waals surface area contributed by atoms with E-state index >= 15 is 0 Å². The number of hydrogen-bond donors (Lipinski definition) is 1. The molecule has 0 atom stereocenters. The van der Waals surface area contributed by atoms with E-state index in [0.29, 0.717) is 6.61 Å². The van der Waals surface area contributed by atoms with Gasteiger partial charge in [0.2, 0.25) is 0 Å². The fraction of sp³-hybridized carbons (Fsp3) is 0.625. The molecule has 0 aromatic heterocycles. The molecule has 0 amide bonds. The standard InChI is InChI=1S/C16H22O3/c1-15(2)10-12-6-5-7-13(14(12)19-15)18-11-16(17)8-3-4-9-16/h5-7,17H,3-4,8-11H2,1-2H3. The van der Waals surface area contributed by atoms with Gasteiger partial charge in [0.1, 0.15) is 12.2 Å². The Morgan fingerprint density at radius 1 is 1.26 bits per heavy atom. The molecule has 0 bridgehead atoms. The van der Waals surface area contributed by atoms with E-state index in [1.165, 1.54) is 5.56 Å². The molecule has 1 N–H and O–H groups in total. The van der Waals surface area contributed by atoms with Crippen LogP contribution in [0.5, 0.6) is 11.5 Å². The molecule has 0 radical (unpaired) electrons. The molecule has 1 aliphatic heterocycles. The maximum absolute atomic E-state index is 10.3. The van der Waals surface area contributed by atoms with Gasteiger partial charge in [-0.3, -0.25) is 0 Å². The highest BCUT2D eigenvalue weighted by molar-refractivity contribution is 5.50. The van der Waals surface area contributed by atoms with Crippen molar-refractivity contribution in [1.82, 2.24) is 0 Å². The summed E-state index contributed by atoms with van der Waals surface area (Å²) in [5.41, 5.74) is 0.393. The Morgan fingerprint density at radius 3 is 2.74 bits per heavy atom. The van der Waals surface area contributed by atoms with Crippen molar-refractivity contribution in [2.75, 3.05) is 6.61 Å². The van der Waals surface area contributed by atoms with Gasteiger partial charge in [-0.05, 0) is 32.8 Å². The molecule has 1 aliphatic carbocycles. The maximum atomic E-state index is 10.3. The first-order valence-corrected chi connectivity index (χ1v) is 7.14. The van der Waals surface area contributed by atoms with Crippen molar-refractivity contribution in [3.8, 4) is 11.5 Å². The van der Waals surface area contributed by atoms with Crippen molar-refractivity contribution in [2.45, 2.75) is 57.2 Å². The van der Waals surface area contributed by atoms with Gasteiger partial charge in [0, 0.05) is 12.0 Å². The quantitative estimate of drug-likeness (QED) is 0.909. The molecule has 0 unspecified atom stereocenters. The van der Waals surface area contributed by atoms with Crippen LogP contribution in [0.2, 0.25) is 0 Å². The molecule has 1 aromatic rings. The molecule has 104 valence electrons. The Hall–Kier alpha value is -1.22. The highest BCUT2D eigenvalue weighted by Crippen LogP contribution is 2.42. The number of fused-ring (bicyclic) bond motifs is 1. The van der Waals surface area contributed by atoms with Gasteiger partial charge in [0.25, 0.3) is 0 Å². The van der Waals surface area contributed by atoms with Gasteiger partial charge < -0.3 is 14.6 Å². The first-order chi connectivity index (χ1) is 8.98. The second-order valence-corrected chi connectivity index (χ2v) is 6.50. The summed E-state index contributed by atoms with van der Waals surface area (Å²) in [6.07, 6.45) is 4.78. The number of rotatable bonds is 3. The molecule has 1 aromatic carbocycles. The molecule has 19 heavy (non-hydrogen) atoms. The van der Waals surface area contributed by atoms with Crippen LogP contribution in [-0.4, -0.2) is 22.9 Å². The second kappa shape index (κ2) is 4.41. The van der Waals surface area contributed by atoms with Gasteiger partial charge in [0.05, 0.1) is 5.60 Å². The van der Waals surface area contributed by atoms with Gasteiger partial charge in [-0.1, -0.05) is 25.0 Å². The van der Waals surface area contributed by atoms with Gasteiger partial charge >= 0.3 is 0 Å². The van der Waals surface area contributed by atoms with E-state index in [0.717, 1.165) is 43.6 Å². The Balaban J connectivity index is 1.75. The minimum Gasteiger partial charge on any atom is -0.487 e. The predicted molar refractivity (Wildman–Crippen MR) is 73.8 cm³/mol. The molecule has 3 nitrogen and oxygen atoms in total. The van der Waals surface area contributed by atoms with Gasteiger partial charge in [0.15, 0.2) is 11.5 Å². The Morgan fingerprint density at radius 2 is 2.00 bits per heavy atom. The highest BCUT2D eigenvalue weighted by atomic mass is 16.5. The van der Waals surface area contributed by atoms with Crippen LogP contribution in [0.15, 0.2) is 18.2 Å². The minimum atomic E-state index is -0.642. The average molecular weight is 262 g/mol. The molecular weight excluding hydrogens is 240 g/mol. The fourth-order valence-corrected chi connectivity index (χ4v) is 3.09. The highest BCUT2D eigenvalue weighted by Gasteiger charge is 2.35. The zero-order valence-corrected chi connectivity index (χ0v) is 11.7. The van der Waals surface area contributed by atoms with Crippen molar-refractivity contribution in [2.24, 2.45) is 0 Å². The van der Waals surface area contributed by atoms with Gasteiger partial charge in [-0.25, -0.2) is 0 Å². The number of para-hydroxylation sites is 1. The third-order valence-corrected chi connectivity index (χ3v) is 4.09. The zero-order valence-electron chi connectivity index (χ0n) is 11.7. The lowest BCUT2D eigenvalue weighted by Gasteiger charge is -2.23. The maximum Gasteiger partial charge on any atom is 0.165 e. The van der Waals surface area contributed by atoms with Crippen LogP contribution in [-0.2, 0) is 6.42 Å². The Kier molecular flexibility index (Phi) is 2.97. The first-order valence-electron chi connectivity index (χ1n) is 7.14. The molecule has 3 rings (SSSR count). The lowest BCUT2D eigenvalue weighted by Crippen LogP contribution is -2.32. The molecule has 0 spiro atoms. The summed E-state index contributed by atoms with van der Waals surface area (Å²) in [4.78, 5) is 0. The number of aliphatic hydroxyl groups is 1. The summed E-state index contributed by atoms with van der Waals surface area (Å²) < 4.78 is 11.8. The molecule has 1 heterocycles. The van der Waals surface area contributed by atoms with Crippen molar-refractivity contribution >= 4 is 0 Å². The van der Waals surface area contributed by atoms with Crippen molar-refractivity contribution in [1.29, 1.82) is 0 Å². The van der Waals surface area contributed by atoms with E-state index in [9.17, 15) is 5.11 Å². The van der Waals surface area contributed by atoms with Crippen LogP contribution >= 0.6 is 0 Å². The van der Waals surface area contributed by atoms with Crippen molar-refractivity contribution in [3.63, 3.8) is 0 Å². The average Bonchev–Trinajstić information content (AvgIpc) is 2.89. The normalized spacial score (nSPS) is 22.9. The zero-order chi connectivity index (χ0) is 13.5. The van der Waals surface area contributed by atoms with Gasteiger partial charge in [-0.2, -0.15) is 0 Å². The molecule has 2 aliphatic rings. The summed E-state index contributed by atoms with van der Waals surface area (Å²) in [5.74, 6) is 1.62. The summed E-state index contributed by atoms with van der Waals surface area (Å²) in [5, 5.41) is 10.3. The third-order valence-electron chi connectivity index (χ3n) is 4.09. The van der Waals surface area contributed by atoms with E-state index in [2.05, 4.69) is 19.9 Å². The van der Waals surface area contributed by atoms with E-state index in [1.807, 2.05) is 12.1 Å². The topological polar surface area (TPSA) is 38.7 Å². The lowest BCUT2D eigenvalue weighted by atomic mass is 10.0. The Bertz CT molecular complexity index is 473. The summed E-state index contributed by atoms with van der Waals surface area (Å²) in [6.45, 7) is 4.54. The molecule has 1 saturated carbocycles. The van der Waals surface area contributed by atoms with Gasteiger partial charge in [-0.15, -0.1) is 0 Å². The molecular formula is C16H22O3. The monoisotopic (exact) mass is 262 g/mol. The Labute approximate surface area is 114 Å². The molecule has 0 saturated heterocycles. The second-order valence-electron chi connectivity index (χ2n) is 6.50. The first kappa shape index (κ1) is 12.8. The fourth-order valence-electron chi connectivity index (χ4n) is 3.09. The molecule has 1 fully saturated rings. The summed E-state index contributed by atoms with van der Waals surface area (Å²) in [6, 6.07) is 6.01. The SMILES string of the molecule is CC1(C)Cc2cccc(OCC3(O)CCCC3)c2O1. The summed E-state index contributed by atoms with van der Waals surface area (Å²) in [7, 11) is 0. The number of hydrogen-bond acceptors (Lipinski definition) is 3. The van der Waals surface area contributed by atoms with E-state index in [4.69, 9.17) is 9.47 Å². The van der Waals surface area contributed by atoms with E-state index in [-0.39, 0.29) is 5.60 Å². The van der Waals surface area contributed by atoms with E-state index in [1.54, 1.807) is 0 Å².